The zero-order valence-electron chi connectivity index (χ0n) is 21.1. The fraction of sp³-hybridized carbons (Fsp3) is 0.385. The molecule has 0 aliphatic carbocycles. The Morgan fingerprint density at radius 2 is 1.83 bits per heavy atom. The molecule has 10 nitrogen and oxygen atoms in total. The van der Waals surface area contributed by atoms with Crippen LogP contribution in [0, 0.1) is 6.57 Å². The minimum Gasteiger partial charge on any atom is -0.507 e. The maximum Gasteiger partial charge on any atom is 0.245 e. The zero-order valence-corrected chi connectivity index (χ0v) is 21.1. The third-order valence-corrected chi connectivity index (χ3v) is 6.61. The molecule has 184 valence electrons. The lowest BCUT2D eigenvalue weighted by molar-refractivity contribution is 0.160. The maximum absolute atomic E-state index is 10.8. The largest absolute Gasteiger partial charge is 0.507 e. The number of nitrogens with zero attached hydrogens (tertiary/aromatic N) is 8. The first-order chi connectivity index (χ1) is 17.0. The van der Waals surface area contributed by atoms with Crippen LogP contribution in [0.15, 0.2) is 42.9 Å². The predicted octanol–water partition coefficient (Wildman–Crippen LogP) is 4.25. The molecular formula is C26H29N9O. The number of piperidine rings is 1. The first kappa shape index (κ1) is 23.6. The fourth-order valence-corrected chi connectivity index (χ4v) is 5.29. The molecule has 1 aliphatic heterocycles. The SMILES string of the molecule is [C-]#[N+]c1cc(-c2ccc(-c3cnc(N(C)C4CC(C)(C)NC(C)(C)C4)nn3)c(O)c2)nn2ccnc12. The number of hydrogen-bond acceptors (Lipinski definition) is 8. The van der Waals surface area contributed by atoms with Gasteiger partial charge in [-0.05, 0) is 58.7 Å². The van der Waals surface area contributed by atoms with Gasteiger partial charge in [-0.3, -0.25) is 0 Å². The quantitative estimate of drug-likeness (QED) is 0.415. The van der Waals surface area contributed by atoms with E-state index in [1.165, 1.54) is 0 Å². The van der Waals surface area contributed by atoms with Crippen molar-refractivity contribution >= 4 is 17.3 Å². The van der Waals surface area contributed by atoms with E-state index in [0.717, 1.165) is 12.8 Å². The number of phenols is 1. The minimum absolute atomic E-state index is 0.00829. The molecule has 3 aromatic heterocycles. The Labute approximate surface area is 209 Å². The molecule has 1 aromatic carbocycles. The highest BCUT2D eigenvalue weighted by Gasteiger charge is 2.39. The number of benzene rings is 1. The zero-order chi connectivity index (χ0) is 25.7. The molecule has 4 heterocycles. The van der Waals surface area contributed by atoms with E-state index in [4.69, 9.17) is 6.57 Å². The molecule has 0 amide bonds. The summed E-state index contributed by atoms with van der Waals surface area (Å²) in [6.07, 6.45) is 6.86. The highest BCUT2D eigenvalue weighted by Crippen LogP contribution is 2.34. The highest BCUT2D eigenvalue weighted by atomic mass is 16.3. The molecule has 2 N–H and O–H groups in total. The van der Waals surface area contributed by atoms with Crippen LogP contribution in [-0.4, -0.2) is 59.1 Å². The van der Waals surface area contributed by atoms with Crippen molar-refractivity contribution in [2.45, 2.75) is 57.7 Å². The topological polar surface area (TPSA) is 109 Å². The van der Waals surface area contributed by atoms with Gasteiger partial charge in [0.2, 0.25) is 11.6 Å². The minimum atomic E-state index is 0.00829. The van der Waals surface area contributed by atoms with Crippen molar-refractivity contribution in [2.75, 3.05) is 11.9 Å². The first-order valence-corrected chi connectivity index (χ1v) is 11.8. The monoisotopic (exact) mass is 483 g/mol. The van der Waals surface area contributed by atoms with Crippen LogP contribution in [-0.2, 0) is 0 Å². The summed E-state index contributed by atoms with van der Waals surface area (Å²) < 4.78 is 1.56. The number of anilines is 1. The van der Waals surface area contributed by atoms with Crippen molar-refractivity contribution in [2.24, 2.45) is 0 Å². The van der Waals surface area contributed by atoms with Gasteiger partial charge in [-0.2, -0.15) is 5.10 Å². The van der Waals surface area contributed by atoms with Crippen LogP contribution in [0.1, 0.15) is 40.5 Å². The van der Waals surface area contributed by atoms with Crippen LogP contribution < -0.4 is 10.2 Å². The second-order valence-electron chi connectivity index (χ2n) is 10.7. The lowest BCUT2D eigenvalue weighted by Gasteiger charge is -2.48. The Bertz CT molecular complexity index is 1450. The summed E-state index contributed by atoms with van der Waals surface area (Å²) in [5, 5.41) is 27.7. The van der Waals surface area contributed by atoms with Gasteiger partial charge in [0.25, 0.3) is 0 Å². The number of fused-ring (bicyclic) bond motifs is 1. The molecular weight excluding hydrogens is 454 g/mol. The van der Waals surface area contributed by atoms with Gasteiger partial charge >= 0.3 is 0 Å². The van der Waals surface area contributed by atoms with Gasteiger partial charge in [0.15, 0.2) is 5.65 Å². The van der Waals surface area contributed by atoms with Crippen LogP contribution in [0.2, 0.25) is 0 Å². The molecule has 0 saturated carbocycles. The summed E-state index contributed by atoms with van der Waals surface area (Å²) in [5.41, 5.74) is 3.13. The predicted molar refractivity (Wildman–Crippen MR) is 138 cm³/mol. The molecule has 0 atom stereocenters. The maximum atomic E-state index is 10.8. The second kappa shape index (κ2) is 8.53. The summed E-state index contributed by atoms with van der Waals surface area (Å²) in [6, 6.07) is 7.13. The van der Waals surface area contributed by atoms with E-state index in [1.807, 2.05) is 13.1 Å². The number of hydrogen-bond donors (Lipinski definition) is 2. The summed E-state index contributed by atoms with van der Waals surface area (Å²) >= 11 is 0. The smallest absolute Gasteiger partial charge is 0.245 e. The van der Waals surface area contributed by atoms with E-state index in [-0.39, 0.29) is 22.9 Å². The molecule has 0 spiro atoms. The summed E-state index contributed by atoms with van der Waals surface area (Å²) in [5.74, 6) is 0.585. The average molecular weight is 484 g/mol. The lowest BCUT2D eigenvalue weighted by Crippen LogP contribution is -2.62. The van der Waals surface area contributed by atoms with Crippen LogP contribution >= 0.6 is 0 Å². The Balaban J connectivity index is 1.39. The van der Waals surface area contributed by atoms with E-state index in [0.29, 0.717) is 39.8 Å². The van der Waals surface area contributed by atoms with Crippen molar-refractivity contribution in [3.05, 3.63) is 54.3 Å². The van der Waals surface area contributed by atoms with E-state index in [1.54, 1.807) is 41.3 Å². The second-order valence-corrected chi connectivity index (χ2v) is 10.7. The van der Waals surface area contributed by atoms with Gasteiger partial charge in [-0.25, -0.2) is 19.3 Å². The Morgan fingerprint density at radius 3 is 2.47 bits per heavy atom. The number of nitrogens with one attached hydrogen (secondary N) is 1. The van der Waals surface area contributed by atoms with Gasteiger partial charge < -0.3 is 15.3 Å². The van der Waals surface area contributed by atoms with E-state index >= 15 is 0 Å². The molecule has 1 fully saturated rings. The van der Waals surface area contributed by atoms with Crippen molar-refractivity contribution < 1.29 is 5.11 Å². The number of aromatic hydroxyl groups is 1. The molecule has 0 bridgehead atoms. The number of imidazole rings is 1. The molecule has 0 unspecified atom stereocenters. The van der Waals surface area contributed by atoms with Crippen molar-refractivity contribution in [3.8, 4) is 28.3 Å². The molecule has 10 heteroatoms. The highest BCUT2D eigenvalue weighted by molar-refractivity contribution is 5.77. The molecule has 1 aliphatic rings. The summed E-state index contributed by atoms with van der Waals surface area (Å²) in [7, 11) is 2.01. The van der Waals surface area contributed by atoms with Crippen molar-refractivity contribution in [1.29, 1.82) is 0 Å². The van der Waals surface area contributed by atoms with Gasteiger partial charge in [-0.15, -0.1) is 10.2 Å². The van der Waals surface area contributed by atoms with Crippen LogP contribution in [0.5, 0.6) is 5.75 Å². The number of phenolic OH excluding ortho intramolecular Hbond substituents is 1. The number of rotatable bonds is 4. The first-order valence-electron chi connectivity index (χ1n) is 11.8. The van der Waals surface area contributed by atoms with Crippen molar-refractivity contribution in [3.63, 3.8) is 0 Å². The number of aromatic nitrogens is 6. The van der Waals surface area contributed by atoms with E-state index in [2.05, 4.69) is 68.0 Å². The third-order valence-electron chi connectivity index (χ3n) is 6.61. The Hall–Kier alpha value is -4.10. The third kappa shape index (κ3) is 4.45. The lowest BCUT2D eigenvalue weighted by atomic mass is 9.79. The van der Waals surface area contributed by atoms with Gasteiger partial charge in [0.1, 0.15) is 11.4 Å². The molecule has 4 aromatic rings. The Morgan fingerprint density at radius 1 is 1.08 bits per heavy atom. The average Bonchev–Trinajstić information content (AvgIpc) is 3.30. The van der Waals surface area contributed by atoms with Gasteiger partial charge in [-0.1, -0.05) is 6.07 Å². The van der Waals surface area contributed by atoms with E-state index in [9.17, 15) is 5.11 Å². The molecule has 36 heavy (non-hydrogen) atoms. The van der Waals surface area contributed by atoms with Crippen LogP contribution in [0.25, 0.3) is 33.0 Å². The molecule has 5 rings (SSSR count). The Kier molecular flexibility index (Phi) is 5.60. The fourth-order valence-electron chi connectivity index (χ4n) is 5.29. The normalized spacial score (nSPS) is 17.1. The van der Waals surface area contributed by atoms with Crippen LogP contribution in [0.3, 0.4) is 0 Å². The van der Waals surface area contributed by atoms with Gasteiger partial charge in [0, 0.05) is 47.7 Å². The summed E-state index contributed by atoms with van der Waals surface area (Å²) in [4.78, 5) is 14.4. The van der Waals surface area contributed by atoms with Crippen molar-refractivity contribution in [1.82, 2.24) is 35.1 Å². The summed E-state index contributed by atoms with van der Waals surface area (Å²) in [6.45, 7) is 16.3. The molecule has 0 radical (unpaired) electrons. The standard InChI is InChI=1S/C26H29N9O/c1-25(2)13-17(14-26(3,4)33-25)34(6)24-29-15-21(30-31-24)18-8-7-16(11-22(18)36)19-12-20(27-5)23-28-9-10-35(23)32-19/h7-12,15,17,33,36H,13-14H2,1-4,6H3. The van der Waals surface area contributed by atoms with Crippen LogP contribution in [0.4, 0.5) is 11.6 Å². The van der Waals surface area contributed by atoms with E-state index < -0.39 is 0 Å². The molecule has 1 saturated heterocycles. The van der Waals surface area contributed by atoms with Gasteiger partial charge in [0.05, 0.1) is 18.5 Å².